The maximum Gasteiger partial charge on any atom is 0.101 e. The number of rotatable bonds is 0. The molecule has 0 aliphatic heterocycles. The molecule has 0 fully saturated rings. The van der Waals surface area contributed by atoms with Crippen LogP contribution in [0.25, 0.3) is 10.1 Å². The van der Waals surface area contributed by atoms with Gasteiger partial charge in [-0.2, -0.15) is 5.26 Å². The minimum Gasteiger partial charge on any atom is -0.192 e. The zero-order valence-electron chi connectivity index (χ0n) is 6.04. The molecule has 1 aromatic carbocycles. The predicted octanol–water partition coefficient (Wildman–Crippen LogP) is 3.43. The molecule has 0 spiro atoms. The van der Waals surface area contributed by atoms with E-state index in [1.165, 1.54) is 11.3 Å². The molecule has 2 aromatic rings. The van der Waals surface area contributed by atoms with Gasteiger partial charge in [0.25, 0.3) is 0 Å². The molecular weight excluding hydrogens is 190 g/mol. The van der Waals surface area contributed by atoms with Crippen LogP contribution < -0.4 is 0 Å². The van der Waals surface area contributed by atoms with E-state index in [4.69, 9.17) is 16.9 Å². The molecule has 0 saturated heterocycles. The molecule has 1 aromatic heterocycles. The van der Waals surface area contributed by atoms with Gasteiger partial charge < -0.3 is 0 Å². The maximum atomic E-state index is 8.73. The van der Waals surface area contributed by atoms with Gasteiger partial charge in [0.15, 0.2) is 0 Å². The Morgan fingerprint density at radius 3 is 3.00 bits per heavy atom. The molecule has 0 radical (unpaired) electrons. The zero-order valence-corrected chi connectivity index (χ0v) is 7.62. The van der Waals surface area contributed by atoms with E-state index in [2.05, 4.69) is 6.07 Å². The predicted molar refractivity (Wildman–Crippen MR) is 51.6 cm³/mol. The van der Waals surface area contributed by atoms with E-state index in [0.717, 1.165) is 15.1 Å². The Kier molecular flexibility index (Phi) is 1.76. The van der Waals surface area contributed by atoms with Crippen molar-refractivity contribution >= 4 is 33.0 Å². The third-order valence-electron chi connectivity index (χ3n) is 1.67. The highest BCUT2D eigenvalue weighted by molar-refractivity contribution is 7.18. The average molecular weight is 194 g/mol. The second-order valence-electron chi connectivity index (χ2n) is 2.38. The molecule has 0 aliphatic rings. The second-order valence-corrected chi connectivity index (χ2v) is 3.66. The van der Waals surface area contributed by atoms with Gasteiger partial charge in [-0.05, 0) is 6.07 Å². The van der Waals surface area contributed by atoms with Gasteiger partial charge in [-0.15, -0.1) is 11.3 Å². The molecule has 0 saturated carbocycles. The smallest absolute Gasteiger partial charge is 0.101 e. The van der Waals surface area contributed by atoms with Crippen LogP contribution in [0.5, 0.6) is 0 Å². The van der Waals surface area contributed by atoms with Crippen molar-refractivity contribution in [2.75, 3.05) is 0 Å². The summed E-state index contributed by atoms with van der Waals surface area (Å²) in [6.07, 6.45) is 0. The molecular formula is C9H4ClNS. The van der Waals surface area contributed by atoms with Gasteiger partial charge in [0.2, 0.25) is 0 Å². The first-order chi connectivity index (χ1) is 5.83. The lowest BCUT2D eigenvalue weighted by atomic mass is 10.2. The highest BCUT2D eigenvalue weighted by Gasteiger charge is 2.04. The number of benzene rings is 1. The van der Waals surface area contributed by atoms with Crippen molar-refractivity contribution in [3.8, 4) is 6.07 Å². The van der Waals surface area contributed by atoms with E-state index in [9.17, 15) is 0 Å². The first-order valence-electron chi connectivity index (χ1n) is 3.39. The maximum absolute atomic E-state index is 8.73. The van der Waals surface area contributed by atoms with Crippen LogP contribution in [0, 0.1) is 11.3 Å². The minimum atomic E-state index is 0.706. The fraction of sp³-hybridized carbons (Fsp3) is 0. The van der Waals surface area contributed by atoms with E-state index < -0.39 is 0 Å². The van der Waals surface area contributed by atoms with E-state index in [1.54, 1.807) is 0 Å². The highest BCUT2D eigenvalue weighted by atomic mass is 35.5. The Hall–Kier alpha value is -1.04. The lowest BCUT2D eigenvalue weighted by Crippen LogP contribution is -1.68. The van der Waals surface area contributed by atoms with Crippen LogP contribution in [-0.4, -0.2) is 0 Å². The number of nitrogens with zero attached hydrogens (tertiary/aromatic N) is 1. The molecule has 0 amide bonds. The van der Waals surface area contributed by atoms with Gasteiger partial charge >= 0.3 is 0 Å². The van der Waals surface area contributed by atoms with E-state index >= 15 is 0 Å². The third-order valence-corrected chi connectivity index (χ3v) is 3.13. The van der Waals surface area contributed by atoms with Crippen molar-refractivity contribution in [3.05, 3.63) is 34.2 Å². The molecule has 3 heteroatoms. The van der Waals surface area contributed by atoms with Gasteiger partial charge in [-0.3, -0.25) is 0 Å². The third kappa shape index (κ3) is 0.989. The van der Waals surface area contributed by atoms with Crippen molar-refractivity contribution < 1.29 is 0 Å². The molecule has 0 N–H and O–H groups in total. The number of nitriles is 1. The fourth-order valence-electron chi connectivity index (χ4n) is 1.11. The monoisotopic (exact) mass is 193 g/mol. The lowest BCUT2D eigenvalue weighted by Gasteiger charge is -1.90. The average Bonchev–Trinajstić information content (AvgIpc) is 2.49. The summed E-state index contributed by atoms with van der Waals surface area (Å²) in [7, 11) is 0. The number of thiophene rings is 1. The lowest BCUT2D eigenvalue weighted by molar-refractivity contribution is 1.52. The van der Waals surface area contributed by atoms with Crippen LogP contribution in [0.1, 0.15) is 5.56 Å². The quantitative estimate of drug-likeness (QED) is 0.629. The van der Waals surface area contributed by atoms with Gasteiger partial charge in [0.05, 0.1) is 15.3 Å². The summed E-state index contributed by atoms with van der Waals surface area (Å²) in [6, 6.07) is 7.74. The molecule has 0 atom stereocenters. The van der Waals surface area contributed by atoms with Crippen LogP contribution in [-0.2, 0) is 0 Å². The Morgan fingerprint density at radius 1 is 1.42 bits per heavy atom. The molecule has 58 valence electrons. The standard InChI is InChI=1S/C9H4ClNS/c10-8-3-1-2-7-6(4-11)5-12-9(7)8/h1-3,5H. The molecule has 0 aliphatic carbocycles. The summed E-state index contributed by atoms with van der Waals surface area (Å²) in [5.74, 6) is 0. The van der Waals surface area contributed by atoms with E-state index in [-0.39, 0.29) is 0 Å². The molecule has 0 unspecified atom stereocenters. The number of hydrogen-bond acceptors (Lipinski definition) is 2. The molecule has 12 heavy (non-hydrogen) atoms. The number of halogens is 1. The summed E-state index contributed by atoms with van der Waals surface area (Å²) < 4.78 is 0.996. The first kappa shape index (κ1) is 7.60. The van der Waals surface area contributed by atoms with E-state index in [1.807, 2.05) is 23.6 Å². The topological polar surface area (TPSA) is 23.8 Å². The largest absolute Gasteiger partial charge is 0.192 e. The fourth-order valence-corrected chi connectivity index (χ4v) is 2.32. The summed E-state index contributed by atoms with van der Waals surface area (Å²) in [5, 5.41) is 12.2. The van der Waals surface area contributed by atoms with Crippen molar-refractivity contribution in [3.63, 3.8) is 0 Å². The Bertz CT molecular complexity index is 467. The van der Waals surface area contributed by atoms with Gasteiger partial charge in [-0.1, -0.05) is 23.7 Å². The zero-order chi connectivity index (χ0) is 8.55. The molecule has 1 nitrogen and oxygen atoms in total. The van der Waals surface area contributed by atoms with Crippen molar-refractivity contribution in [2.24, 2.45) is 0 Å². The molecule has 2 rings (SSSR count). The first-order valence-corrected chi connectivity index (χ1v) is 4.64. The summed E-state index contributed by atoms with van der Waals surface area (Å²) in [5.41, 5.74) is 0.706. The van der Waals surface area contributed by atoms with E-state index in [0.29, 0.717) is 5.56 Å². The van der Waals surface area contributed by atoms with Crippen LogP contribution in [0.3, 0.4) is 0 Å². The van der Waals surface area contributed by atoms with Crippen molar-refractivity contribution in [2.45, 2.75) is 0 Å². The molecule has 0 bridgehead atoms. The molecule has 1 heterocycles. The van der Waals surface area contributed by atoms with Crippen LogP contribution >= 0.6 is 22.9 Å². The Labute approximate surface area is 78.8 Å². The Morgan fingerprint density at radius 2 is 2.25 bits per heavy atom. The van der Waals surface area contributed by atoms with Crippen LogP contribution in [0.4, 0.5) is 0 Å². The van der Waals surface area contributed by atoms with Crippen molar-refractivity contribution in [1.29, 1.82) is 5.26 Å². The van der Waals surface area contributed by atoms with Gasteiger partial charge in [-0.25, -0.2) is 0 Å². The summed E-state index contributed by atoms with van der Waals surface area (Å²) in [4.78, 5) is 0. The number of hydrogen-bond donors (Lipinski definition) is 0. The normalized spacial score (nSPS) is 10.0. The van der Waals surface area contributed by atoms with Gasteiger partial charge in [0, 0.05) is 10.8 Å². The SMILES string of the molecule is N#Cc1csc2c(Cl)cccc12. The van der Waals surface area contributed by atoms with Crippen LogP contribution in [0.2, 0.25) is 5.02 Å². The summed E-state index contributed by atoms with van der Waals surface area (Å²) >= 11 is 7.44. The number of fused-ring (bicyclic) bond motifs is 1. The summed E-state index contributed by atoms with van der Waals surface area (Å²) in [6.45, 7) is 0. The highest BCUT2D eigenvalue weighted by Crippen LogP contribution is 2.31. The second kappa shape index (κ2) is 2.78. The Balaban J connectivity index is 2.91. The van der Waals surface area contributed by atoms with Crippen molar-refractivity contribution in [1.82, 2.24) is 0 Å². The van der Waals surface area contributed by atoms with Crippen LogP contribution in [0.15, 0.2) is 23.6 Å². The minimum absolute atomic E-state index is 0.706. The van der Waals surface area contributed by atoms with Gasteiger partial charge in [0.1, 0.15) is 6.07 Å².